The first-order chi connectivity index (χ1) is 10.1. The Kier molecular flexibility index (Phi) is 7.42. The van der Waals surface area contributed by atoms with Crippen LogP contribution in [0.4, 0.5) is 11.4 Å². The van der Waals surface area contributed by atoms with Crippen LogP contribution in [0.15, 0.2) is 24.3 Å². The Morgan fingerprint density at radius 1 is 1.24 bits per heavy atom. The molecule has 116 valence electrons. The van der Waals surface area contributed by atoms with E-state index < -0.39 is 6.10 Å². The summed E-state index contributed by atoms with van der Waals surface area (Å²) in [6.45, 7) is 2.47. The molecule has 0 spiro atoms. The van der Waals surface area contributed by atoms with Gasteiger partial charge >= 0.3 is 0 Å². The molecule has 0 radical (unpaired) electrons. The summed E-state index contributed by atoms with van der Waals surface area (Å²) < 4.78 is 4.95. The van der Waals surface area contributed by atoms with Crippen molar-refractivity contribution in [3.63, 3.8) is 0 Å². The predicted octanol–water partition coefficient (Wildman–Crippen LogP) is 1.60. The molecule has 0 saturated heterocycles. The lowest BCUT2D eigenvalue weighted by Crippen LogP contribution is -2.26. The van der Waals surface area contributed by atoms with Crippen LogP contribution >= 0.6 is 0 Å². The molecule has 2 amide bonds. The zero-order valence-corrected chi connectivity index (χ0v) is 12.7. The number of carbonyl (C=O) groups excluding carboxylic acids is 2. The number of carbonyl (C=O) groups is 2. The molecule has 1 atom stereocenters. The highest BCUT2D eigenvalue weighted by Crippen LogP contribution is 2.16. The second-order valence-corrected chi connectivity index (χ2v) is 4.70. The van der Waals surface area contributed by atoms with E-state index in [4.69, 9.17) is 4.74 Å². The van der Waals surface area contributed by atoms with E-state index in [0.29, 0.717) is 17.8 Å². The number of nitrogens with one attached hydrogen (secondary N) is 3. The lowest BCUT2D eigenvalue weighted by molar-refractivity contribution is -0.124. The standard InChI is InChI=1S/C15H23N3O3/c1-11(21-3)15(20)18-13-7-4-6-12(10-13)17-14(19)8-5-9-16-2/h4,6-7,10-11,16H,5,8-9H2,1-3H3,(H,17,19)(H,18,20). The molecule has 1 aromatic carbocycles. The summed E-state index contributed by atoms with van der Waals surface area (Å²) in [7, 11) is 3.33. The largest absolute Gasteiger partial charge is 0.372 e. The molecule has 0 saturated carbocycles. The van der Waals surface area contributed by atoms with Crippen LogP contribution in [-0.2, 0) is 14.3 Å². The van der Waals surface area contributed by atoms with Gasteiger partial charge in [-0.15, -0.1) is 0 Å². The second kappa shape index (κ2) is 9.10. The van der Waals surface area contributed by atoms with Crippen molar-refractivity contribution in [1.29, 1.82) is 0 Å². The summed E-state index contributed by atoms with van der Waals surface area (Å²) in [6, 6.07) is 7.04. The first kappa shape index (κ1) is 17.1. The average molecular weight is 293 g/mol. The molecule has 0 aromatic heterocycles. The van der Waals surface area contributed by atoms with E-state index in [9.17, 15) is 9.59 Å². The van der Waals surface area contributed by atoms with E-state index >= 15 is 0 Å². The summed E-state index contributed by atoms with van der Waals surface area (Å²) in [4.78, 5) is 23.5. The molecule has 1 rings (SSSR count). The highest BCUT2D eigenvalue weighted by atomic mass is 16.5. The van der Waals surface area contributed by atoms with Gasteiger partial charge in [-0.2, -0.15) is 0 Å². The summed E-state index contributed by atoms with van der Waals surface area (Å²) in [5.41, 5.74) is 1.28. The van der Waals surface area contributed by atoms with Gasteiger partial charge in [-0.25, -0.2) is 0 Å². The molecule has 3 N–H and O–H groups in total. The van der Waals surface area contributed by atoms with Crippen LogP contribution in [0.1, 0.15) is 19.8 Å². The minimum Gasteiger partial charge on any atom is -0.372 e. The Hall–Kier alpha value is -1.92. The van der Waals surface area contributed by atoms with Gasteiger partial charge in [0.1, 0.15) is 6.10 Å². The molecule has 0 fully saturated rings. The van der Waals surface area contributed by atoms with Gasteiger partial charge in [0.2, 0.25) is 5.91 Å². The smallest absolute Gasteiger partial charge is 0.253 e. The molecule has 0 aliphatic heterocycles. The SMILES string of the molecule is CNCCCC(=O)Nc1cccc(NC(=O)C(C)OC)c1. The molecule has 0 heterocycles. The van der Waals surface area contributed by atoms with E-state index in [-0.39, 0.29) is 11.8 Å². The van der Waals surface area contributed by atoms with Crippen molar-refractivity contribution in [3.05, 3.63) is 24.3 Å². The number of rotatable bonds is 8. The fraction of sp³-hybridized carbons (Fsp3) is 0.467. The predicted molar refractivity (Wildman–Crippen MR) is 83.3 cm³/mol. The van der Waals surface area contributed by atoms with Crippen molar-refractivity contribution < 1.29 is 14.3 Å². The number of hydrogen-bond acceptors (Lipinski definition) is 4. The van der Waals surface area contributed by atoms with Crippen molar-refractivity contribution in [3.8, 4) is 0 Å². The lowest BCUT2D eigenvalue weighted by Gasteiger charge is -2.12. The number of methoxy groups -OCH3 is 1. The van der Waals surface area contributed by atoms with Gasteiger partial charge < -0.3 is 20.7 Å². The molecule has 1 aromatic rings. The third kappa shape index (κ3) is 6.37. The minimum atomic E-state index is -0.523. The number of ether oxygens (including phenoxy) is 1. The van der Waals surface area contributed by atoms with Crippen molar-refractivity contribution in [2.75, 3.05) is 31.3 Å². The van der Waals surface area contributed by atoms with Crippen molar-refractivity contribution in [2.45, 2.75) is 25.9 Å². The Balaban J connectivity index is 2.56. The Morgan fingerprint density at radius 2 is 1.90 bits per heavy atom. The summed E-state index contributed by atoms with van der Waals surface area (Å²) in [5.74, 6) is -0.269. The highest BCUT2D eigenvalue weighted by molar-refractivity contribution is 5.95. The monoisotopic (exact) mass is 293 g/mol. The van der Waals surface area contributed by atoms with Crippen LogP contribution < -0.4 is 16.0 Å². The summed E-state index contributed by atoms with van der Waals surface area (Å²) in [6.07, 6.45) is 0.715. The van der Waals surface area contributed by atoms with E-state index in [1.807, 2.05) is 7.05 Å². The molecular formula is C15H23N3O3. The van der Waals surface area contributed by atoms with Gasteiger partial charge in [-0.1, -0.05) is 6.07 Å². The molecule has 6 nitrogen and oxygen atoms in total. The first-order valence-corrected chi connectivity index (χ1v) is 6.95. The topological polar surface area (TPSA) is 79.5 Å². The quantitative estimate of drug-likeness (QED) is 0.636. The van der Waals surface area contributed by atoms with Crippen molar-refractivity contribution in [1.82, 2.24) is 5.32 Å². The van der Waals surface area contributed by atoms with Gasteiger partial charge in [-0.05, 0) is 45.1 Å². The molecule has 6 heteroatoms. The Bertz CT molecular complexity index is 477. The zero-order valence-electron chi connectivity index (χ0n) is 12.7. The Morgan fingerprint density at radius 3 is 2.52 bits per heavy atom. The highest BCUT2D eigenvalue weighted by Gasteiger charge is 2.11. The van der Waals surface area contributed by atoms with Crippen LogP contribution in [0.25, 0.3) is 0 Å². The van der Waals surface area contributed by atoms with Crippen LogP contribution in [-0.4, -0.2) is 38.6 Å². The van der Waals surface area contributed by atoms with E-state index in [1.54, 1.807) is 31.2 Å². The molecule has 0 aliphatic carbocycles. The Labute approximate surface area is 125 Å². The number of anilines is 2. The van der Waals surface area contributed by atoms with Gasteiger partial charge in [-0.3, -0.25) is 9.59 Å². The number of benzene rings is 1. The van der Waals surface area contributed by atoms with E-state index in [2.05, 4.69) is 16.0 Å². The van der Waals surface area contributed by atoms with Crippen LogP contribution in [0.3, 0.4) is 0 Å². The minimum absolute atomic E-state index is 0.0426. The molecular weight excluding hydrogens is 270 g/mol. The second-order valence-electron chi connectivity index (χ2n) is 4.70. The fourth-order valence-corrected chi connectivity index (χ4v) is 1.67. The molecule has 0 aliphatic rings. The van der Waals surface area contributed by atoms with Gasteiger partial charge in [0.05, 0.1) is 0 Å². The maximum Gasteiger partial charge on any atom is 0.253 e. The first-order valence-electron chi connectivity index (χ1n) is 6.95. The van der Waals surface area contributed by atoms with Crippen LogP contribution in [0.5, 0.6) is 0 Å². The maximum atomic E-state index is 11.7. The van der Waals surface area contributed by atoms with Crippen LogP contribution in [0, 0.1) is 0 Å². The van der Waals surface area contributed by atoms with Gasteiger partial charge in [0, 0.05) is 24.9 Å². The molecule has 0 bridgehead atoms. The normalized spacial score (nSPS) is 11.8. The number of hydrogen-bond donors (Lipinski definition) is 3. The van der Waals surface area contributed by atoms with Crippen molar-refractivity contribution in [2.24, 2.45) is 0 Å². The fourth-order valence-electron chi connectivity index (χ4n) is 1.67. The molecule has 21 heavy (non-hydrogen) atoms. The van der Waals surface area contributed by atoms with Gasteiger partial charge in [0.15, 0.2) is 0 Å². The maximum absolute atomic E-state index is 11.7. The van der Waals surface area contributed by atoms with E-state index in [0.717, 1.165) is 13.0 Å². The van der Waals surface area contributed by atoms with Crippen molar-refractivity contribution >= 4 is 23.2 Å². The van der Waals surface area contributed by atoms with Crippen LogP contribution in [0.2, 0.25) is 0 Å². The third-order valence-electron chi connectivity index (χ3n) is 2.97. The lowest BCUT2D eigenvalue weighted by atomic mass is 10.2. The average Bonchev–Trinajstić information content (AvgIpc) is 2.47. The molecule has 1 unspecified atom stereocenters. The third-order valence-corrected chi connectivity index (χ3v) is 2.97. The zero-order chi connectivity index (χ0) is 15.7. The summed E-state index contributed by atoms with van der Waals surface area (Å²) in [5, 5.41) is 8.54. The van der Waals surface area contributed by atoms with E-state index in [1.165, 1.54) is 7.11 Å². The summed E-state index contributed by atoms with van der Waals surface area (Å²) >= 11 is 0. The number of amides is 2. The van der Waals surface area contributed by atoms with Gasteiger partial charge in [0.25, 0.3) is 5.91 Å².